The molecular formula is C18H18Cl2N2O3. The van der Waals surface area contributed by atoms with Crippen molar-refractivity contribution in [2.75, 3.05) is 24.3 Å². The molecule has 0 unspecified atom stereocenters. The van der Waals surface area contributed by atoms with Crippen LogP contribution < -0.4 is 10.2 Å². The van der Waals surface area contributed by atoms with Gasteiger partial charge in [0, 0.05) is 35.5 Å². The summed E-state index contributed by atoms with van der Waals surface area (Å²) >= 11 is 11.8. The Hall–Kier alpha value is -2.24. The lowest BCUT2D eigenvalue weighted by atomic mass is 10.2. The number of nitrogens with zero attached hydrogens (tertiary/aromatic N) is 1. The molecule has 0 heterocycles. The van der Waals surface area contributed by atoms with E-state index in [1.165, 1.54) is 6.92 Å². The highest BCUT2D eigenvalue weighted by Gasteiger charge is 2.19. The average molecular weight is 381 g/mol. The number of carbonyl (C=O) groups is 2. The zero-order valence-electron chi connectivity index (χ0n) is 14.0. The lowest BCUT2D eigenvalue weighted by Gasteiger charge is -2.16. The first-order chi connectivity index (χ1) is 11.8. The van der Waals surface area contributed by atoms with Crippen molar-refractivity contribution in [2.45, 2.75) is 13.0 Å². The fourth-order valence-electron chi connectivity index (χ4n) is 2.06. The summed E-state index contributed by atoms with van der Waals surface area (Å²) in [5.74, 6) is -1.05. The average Bonchev–Trinajstić information content (AvgIpc) is 2.53. The van der Waals surface area contributed by atoms with Crippen LogP contribution in [0, 0.1) is 0 Å². The highest BCUT2D eigenvalue weighted by Crippen LogP contribution is 2.22. The summed E-state index contributed by atoms with van der Waals surface area (Å²) < 4.78 is 5.23. The van der Waals surface area contributed by atoms with E-state index in [-0.39, 0.29) is 0 Å². The third-order valence-electron chi connectivity index (χ3n) is 3.38. The maximum absolute atomic E-state index is 12.2. The van der Waals surface area contributed by atoms with Crippen LogP contribution in [0.3, 0.4) is 0 Å². The number of hydrogen-bond acceptors (Lipinski definition) is 4. The summed E-state index contributed by atoms with van der Waals surface area (Å²) in [4.78, 5) is 26.3. The van der Waals surface area contributed by atoms with Gasteiger partial charge in [0.25, 0.3) is 5.91 Å². The van der Waals surface area contributed by atoms with Gasteiger partial charge < -0.3 is 15.0 Å². The molecule has 0 aromatic heterocycles. The minimum Gasteiger partial charge on any atom is -0.449 e. The Morgan fingerprint density at radius 1 is 1.08 bits per heavy atom. The van der Waals surface area contributed by atoms with Crippen molar-refractivity contribution in [1.29, 1.82) is 0 Å². The standard InChI is InChI=1S/C18H18Cl2N2O3/c1-11(17(23)21-15-9-13(19)8-14(20)10-15)25-18(24)12-5-4-6-16(7-12)22(2)3/h4-11H,1-3H3,(H,21,23)/t11-/m0/s1. The summed E-state index contributed by atoms with van der Waals surface area (Å²) in [6.45, 7) is 1.50. The van der Waals surface area contributed by atoms with Crippen LogP contribution in [-0.4, -0.2) is 32.1 Å². The first kappa shape index (κ1) is 19.1. The molecule has 0 radical (unpaired) electrons. The first-order valence-corrected chi connectivity index (χ1v) is 8.27. The second kappa shape index (κ2) is 8.23. The molecule has 0 spiro atoms. The number of amides is 1. The first-order valence-electron chi connectivity index (χ1n) is 7.51. The summed E-state index contributed by atoms with van der Waals surface area (Å²) in [7, 11) is 3.74. The maximum Gasteiger partial charge on any atom is 0.338 e. The van der Waals surface area contributed by atoms with Crippen molar-refractivity contribution in [2.24, 2.45) is 0 Å². The van der Waals surface area contributed by atoms with Gasteiger partial charge in [0.1, 0.15) is 0 Å². The van der Waals surface area contributed by atoms with Gasteiger partial charge in [0.2, 0.25) is 0 Å². The maximum atomic E-state index is 12.2. The number of esters is 1. The van der Waals surface area contributed by atoms with Crippen LogP contribution in [0.15, 0.2) is 42.5 Å². The number of anilines is 2. The van der Waals surface area contributed by atoms with Crippen LogP contribution >= 0.6 is 23.2 Å². The van der Waals surface area contributed by atoms with Crippen LogP contribution in [0.4, 0.5) is 11.4 Å². The number of benzene rings is 2. The topological polar surface area (TPSA) is 58.6 Å². The van der Waals surface area contributed by atoms with Gasteiger partial charge in [-0.25, -0.2) is 4.79 Å². The normalized spacial score (nSPS) is 11.6. The minimum atomic E-state index is -0.978. The lowest BCUT2D eigenvalue weighted by molar-refractivity contribution is -0.123. The highest BCUT2D eigenvalue weighted by molar-refractivity contribution is 6.35. The summed E-state index contributed by atoms with van der Waals surface area (Å²) in [5, 5.41) is 3.41. The second-order valence-corrected chi connectivity index (χ2v) is 6.51. The number of ether oxygens (including phenoxy) is 1. The van der Waals surface area contributed by atoms with Crippen molar-refractivity contribution in [3.63, 3.8) is 0 Å². The van der Waals surface area contributed by atoms with Gasteiger partial charge in [0.05, 0.1) is 5.56 Å². The Morgan fingerprint density at radius 2 is 1.72 bits per heavy atom. The quantitative estimate of drug-likeness (QED) is 0.787. The number of carbonyl (C=O) groups excluding carboxylic acids is 2. The SMILES string of the molecule is C[C@H](OC(=O)c1cccc(N(C)C)c1)C(=O)Nc1cc(Cl)cc(Cl)c1. The molecule has 132 valence electrons. The fourth-order valence-corrected chi connectivity index (χ4v) is 2.59. The molecule has 0 aliphatic rings. The molecule has 0 fully saturated rings. The van der Waals surface area contributed by atoms with Crippen LogP contribution in [0.5, 0.6) is 0 Å². The largest absolute Gasteiger partial charge is 0.449 e. The molecular weight excluding hydrogens is 363 g/mol. The van der Waals surface area contributed by atoms with Gasteiger partial charge in [-0.15, -0.1) is 0 Å². The van der Waals surface area contributed by atoms with Gasteiger partial charge in [-0.3, -0.25) is 4.79 Å². The van der Waals surface area contributed by atoms with Gasteiger partial charge in [-0.1, -0.05) is 29.3 Å². The van der Waals surface area contributed by atoms with E-state index in [1.54, 1.807) is 36.4 Å². The molecule has 2 aromatic carbocycles. The van der Waals surface area contributed by atoms with Crippen molar-refractivity contribution < 1.29 is 14.3 Å². The number of nitrogens with one attached hydrogen (secondary N) is 1. The van der Waals surface area contributed by atoms with E-state index in [0.717, 1.165) is 5.69 Å². The molecule has 0 saturated heterocycles. The molecule has 0 saturated carbocycles. The Bertz CT molecular complexity index is 773. The minimum absolute atomic E-state index is 0.372. The predicted molar refractivity (Wildman–Crippen MR) is 101 cm³/mol. The zero-order chi connectivity index (χ0) is 18.6. The third kappa shape index (κ3) is 5.37. The lowest BCUT2D eigenvalue weighted by Crippen LogP contribution is -2.30. The Labute approximate surface area is 156 Å². The van der Waals surface area contributed by atoms with Gasteiger partial charge >= 0.3 is 5.97 Å². The van der Waals surface area contributed by atoms with Gasteiger partial charge in [-0.2, -0.15) is 0 Å². The van der Waals surface area contributed by atoms with E-state index < -0.39 is 18.0 Å². The smallest absolute Gasteiger partial charge is 0.338 e. The number of hydrogen-bond donors (Lipinski definition) is 1. The van der Waals surface area contributed by atoms with Crippen LogP contribution in [0.2, 0.25) is 10.0 Å². The molecule has 25 heavy (non-hydrogen) atoms. The molecule has 1 N–H and O–H groups in total. The van der Waals surface area contributed by atoms with Crippen molar-refractivity contribution >= 4 is 46.5 Å². The van der Waals surface area contributed by atoms with Crippen molar-refractivity contribution in [3.8, 4) is 0 Å². The van der Waals surface area contributed by atoms with E-state index in [0.29, 0.717) is 21.3 Å². The Balaban J connectivity index is 2.03. The van der Waals surface area contributed by atoms with E-state index in [2.05, 4.69) is 5.32 Å². The molecule has 0 aliphatic carbocycles. The number of rotatable bonds is 5. The van der Waals surface area contributed by atoms with E-state index >= 15 is 0 Å². The second-order valence-electron chi connectivity index (χ2n) is 5.64. The number of halogens is 2. The molecule has 7 heteroatoms. The molecule has 5 nitrogen and oxygen atoms in total. The molecule has 0 bridgehead atoms. The molecule has 2 rings (SSSR count). The van der Waals surface area contributed by atoms with E-state index in [1.807, 2.05) is 25.1 Å². The molecule has 0 aliphatic heterocycles. The third-order valence-corrected chi connectivity index (χ3v) is 3.82. The fraction of sp³-hybridized carbons (Fsp3) is 0.222. The van der Waals surface area contributed by atoms with Gasteiger partial charge in [-0.05, 0) is 43.3 Å². The Morgan fingerprint density at radius 3 is 2.32 bits per heavy atom. The summed E-state index contributed by atoms with van der Waals surface area (Å²) in [5.41, 5.74) is 1.66. The van der Waals surface area contributed by atoms with Crippen LogP contribution in [0.25, 0.3) is 0 Å². The molecule has 1 amide bonds. The zero-order valence-corrected chi connectivity index (χ0v) is 15.6. The predicted octanol–water partition coefficient (Wildman–Crippen LogP) is 4.24. The Kier molecular flexibility index (Phi) is 6.28. The summed E-state index contributed by atoms with van der Waals surface area (Å²) in [6.07, 6.45) is -0.978. The molecule has 1 atom stereocenters. The van der Waals surface area contributed by atoms with Crippen molar-refractivity contribution in [3.05, 3.63) is 58.1 Å². The van der Waals surface area contributed by atoms with Gasteiger partial charge in [0.15, 0.2) is 6.10 Å². The van der Waals surface area contributed by atoms with Crippen LogP contribution in [-0.2, 0) is 9.53 Å². The molecule has 2 aromatic rings. The summed E-state index contributed by atoms with van der Waals surface area (Å²) in [6, 6.07) is 11.6. The highest BCUT2D eigenvalue weighted by atomic mass is 35.5. The van der Waals surface area contributed by atoms with Crippen LogP contribution in [0.1, 0.15) is 17.3 Å². The van der Waals surface area contributed by atoms with E-state index in [4.69, 9.17) is 27.9 Å². The monoisotopic (exact) mass is 380 g/mol. The van der Waals surface area contributed by atoms with E-state index in [9.17, 15) is 9.59 Å². The van der Waals surface area contributed by atoms with Crippen molar-refractivity contribution in [1.82, 2.24) is 0 Å².